The summed E-state index contributed by atoms with van der Waals surface area (Å²) in [6, 6.07) is 8.17. The largest absolute Gasteiger partial charge is 0.488 e. The third-order valence-electron chi connectivity index (χ3n) is 3.70. The van der Waals surface area contributed by atoms with E-state index in [0.717, 1.165) is 18.7 Å². The summed E-state index contributed by atoms with van der Waals surface area (Å²) in [4.78, 5) is 11.4. The maximum absolute atomic E-state index is 11.4. The minimum Gasteiger partial charge on any atom is -0.488 e. The topological polar surface area (TPSA) is 47.6 Å². The molecule has 4 nitrogen and oxygen atoms in total. The minimum absolute atomic E-state index is 0.0692. The molecule has 0 aliphatic carbocycles. The highest BCUT2D eigenvalue weighted by Gasteiger charge is 2.25. The fourth-order valence-corrected chi connectivity index (χ4v) is 2.25. The molecule has 2 rings (SSSR count). The first-order valence-electron chi connectivity index (χ1n) is 6.67. The van der Waals surface area contributed by atoms with Gasteiger partial charge in [-0.2, -0.15) is 0 Å². The Bertz CT molecular complexity index is 422. The average Bonchev–Trinajstić information content (AvgIpc) is 2.85. The predicted octanol–water partition coefficient (Wildman–Crippen LogP) is 1.78. The Kier molecular flexibility index (Phi) is 4.43. The van der Waals surface area contributed by atoms with Crippen LogP contribution in [0.5, 0.6) is 5.75 Å². The highest BCUT2D eigenvalue weighted by atomic mass is 16.5. The highest BCUT2D eigenvalue weighted by molar-refractivity contribution is 5.72. The first kappa shape index (κ1) is 13.9. The number of carbonyl (C=O) groups is 1. The van der Waals surface area contributed by atoms with E-state index >= 15 is 0 Å². The van der Waals surface area contributed by atoms with Crippen LogP contribution in [0.2, 0.25) is 0 Å². The number of fused-ring (bicyclic) bond motifs is 1. The third kappa shape index (κ3) is 3.26. The molecule has 0 saturated carbocycles. The Morgan fingerprint density at radius 3 is 2.89 bits per heavy atom. The lowest BCUT2D eigenvalue weighted by atomic mass is 10.0. The van der Waals surface area contributed by atoms with Gasteiger partial charge in [-0.25, -0.2) is 0 Å². The number of esters is 1. The summed E-state index contributed by atoms with van der Waals surface area (Å²) in [6.07, 6.45) is 1.06. The maximum Gasteiger partial charge on any atom is 0.309 e. The van der Waals surface area contributed by atoms with Gasteiger partial charge in [-0.1, -0.05) is 25.1 Å². The second-order valence-corrected chi connectivity index (χ2v) is 5.06. The van der Waals surface area contributed by atoms with Crippen LogP contribution in [0.25, 0.3) is 0 Å². The summed E-state index contributed by atoms with van der Waals surface area (Å²) >= 11 is 0. The molecule has 4 heteroatoms. The van der Waals surface area contributed by atoms with Crippen LogP contribution in [-0.4, -0.2) is 31.8 Å². The zero-order valence-electron chi connectivity index (χ0n) is 11.7. The van der Waals surface area contributed by atoms with Crippen molar-refractivity contribution in [3.05, 3.63) is 29.8 Å². The number of carbonyl (C=O) groups excluding carboxylic acids is 1. The average molecular weight is 263 g/mol. The zero-order valence-corrected chi connectivity index (χ0v) is 11.7. The van der Waals surface area contributed by atoms with E-state index in [2.05, 4.69) is 11.4 Å². The molecule has 1 N–H and O–H groups in total. The molecule has 3 atom stereocenters. The van der Waals surface area contributed by atoms with Crippen LogP contribution in [-0.2, 0) is 16.0 Å². The number of rotatable bonds is 5. The Morgan fingerprint density at radius 2 is 2.21 bits per heavy atom. The molecule has 0 fully saturated rings. The number of ether oxygens (including phenoxy) is 2. The first-order valence-corrected chi connectivity index (χ1v) is 6.67. The maximum atomic E-state index is 11.4. The van der Waals surface area contributed by atoms with Gasteiger partial charge in [0.15, 0.2) is 0 Å². The normalized spacial score (nSPS) is 20.3. The van der Waals surface area contributed by atoms with Crippen molar-refractivity contribution in [1.82, 2.24) is 5.32 Å². The van der Waals surface area contributed by atoms with Crippen molar-refractivity contribution >= 4 is 5.97 Å². The quantitative estimate of drug-likeness (QED) is 0.823. The molecule has 1 aliphatic rings. The molecule has 1 aromatic carbocycles. The van der Waals surface area contributed by atoms with Crippen molar-refractivity contribution in [3.8, 4) is 5.75 Å². The van der Waals surface area contributed by atoms with Crippen LogP contribution < -0.4 is 10.1 Å². The van der Waals surface area contributed by atoms with Crippen LogP contribution in [0, 0.1) is 5.92 Å². The van der Waals surface area contributed by atoms with Crippen LogP contribution in [0.15, 0.2) is 24.3 Å². The lowest BCUT2D eigenvalue weighted by Crippen LogP contribution is -2.41. The van der Waals surface area contributed by atoms with Crippen LogP contribution >= 0.6 is 0 Å². The summed E-state index contributed by atoms with van der Waals surface area (Å²) < 4.78 is 10.6. The molecule has 0 spiro atoms. The van der Waals surface area contributed by atoms with E-state index in [9.17, 15) is 4.79 Å². The molecule has 3 unspecified atom stereocenters. The molecule has 0 radical (unpaired) electrons. The standard InChI is InChI=1S/C15H21NO3/c1-10(15(17)18-3)11(2)16-9-13-8-12-6-4-5-7-14(12)19-13/h4-7,10-11,13,16H,8-9H2,1-3H3. The van der Waals surface area contributed by atoms with Crippen LogP contribution in [0.1, 0.15) is 19.4 Å². The van der Waals surface area contributed by atoms with Crippen molar-refractivity contribution in [2.45, 2.75) is 32.4 Å². The van der Waals surface area contributed by atoms with E-state index in [4.69, 9.17) is 9.47 Å². The summed E-state index contributed by atoms with van der Waals surface area (Å²) in [5.41, 5.74) is 1.25. The molecule has 19 heavy (non-hydrogen) atoms. The molecule has 0 saturated heterocycles. The molecule has 0 amide bonds. The van der Waals surface area contributed by atoms with Gasteiger partial charge in [-0.3, -0.25) is 4.79 Å². The number of methoxy groups -OCH3 is 1. The van der Waals surface area contributed by atoms with Gasteiger partial charge in [0.2, 0.25) is 0 Å². The molecule has 0 bridgehead atoms. The monoisotopic (exact) mass is 263 g/mol. The van der Waals surface area contributed by atoms with E-state index in [0.29, 0.717) is 0 Å². The summed E-state index contributed by atoms with van der Waals surface area (Å²) in [7, 11) is 1.42. The van der Waals surface area contributed by atoms with Crippen molar-refractivity contribution in [3.63, 3.8) is 0 Å². The van der Waals surface area contributed by atoms with E-state index in [1.54, 1.807) is 0 Å². The number of hydrogen-bond acceptors (Lipinski definition) is 4. The fourth-order valence-electron chi connectivity index (χ4n) is 2.25. The van der Waals surface area contributed by atoms with E-state index in [1.165, 1.54) is 12.7 Å². The van der Waals surface area contributed by atoms with Gasteiger partial charge in [0, 0.05) is 19.0 Å². The Morgan fingerprint density at radius 1 is 1.47 bits per heavy atom. The minimum atomic E-state index is -0.185. The van der Waals surface area contributed by atoms with Gasteiger partial charge in [0.05, 0.1) is 13.0 Å². The van der Waals surface area contributed by atoms with E-state index in [-0.39, 0.29) is 24.0 Å². The summed E-state index contributed by atoms with van der Waals surface area (Å²) in [6.45, 7) is 4.59. The number of para-hydroxylation sites is 1. The number of hydrogen-bond donors (Lipinski definition) is 1. The van der Waals surface area contributed by atoms with Gasteiger partial charge in [-0.05, 0) is 18.6 Å². The molecule has 1 aliphatic heterocycles. The molecular formula is C15H21NO3. The first-order chi connectivity index (χ1) is 9.11. The number of nitrogens with one attached hydrogen (secondary N) is 1. The Balaban J connectivity index is 1.80. The van der Waals surface area contributed by atoms with Crippen LogP contribution in [0.4, 0.5) is 0 Å². The molecule has 104 valence electrons. The lowest BCUT2D eigenvalue weighted by molar-refractivity contribution is -0.145. The van der Waals surface area contributed by atoms with E-state index in [1.807, 2.05) is 32.0 Å². The summed E-state index contributed by atoms with van der Waals surface area (Å²) in [5, 5.41) is 3.35. The highest BCUT2D eigenvalue weighted by Crippen LogP contribution is 2.27. The van der Waals surface area contributed by atoms with Crippen molar-refractivity contribution in [1.29, 1.82) is 0 Å². The molecule has 0 aromatic heterocycles. The van der Waals surface area contributed by atoms with Gasteiger partial charge >= 0.3 is 5.97 Å². The second kappa shape index (κ2) is 6.06. The SMILES string of the molecule is COC(=O)C(C)C(C)NCC1Cc2ccccc2O1. The summed E-state index contributed by atoms with van der Waals surface area (Å²) in [5.74, 6) is 0.632. The van der Waals surface area contributed by atoms with Gasteiger partial charge in [-0.15, -0.1) is 0 Å². The lowest BCUT2D eigenvalue weighted by Gasteiger charge is -2.21. The Hall–Kier alpha value is -1.55. The van der Waals surface area contributed by atoms with Crippen molar-refractivity contribution in [2.24, 2.45) is 5.92 Å². The predicted molar refractivity (Wildman–Crippen MR) is 73.2 cm³/mol. The van der Waals surface area contributed by atoms with Gasteiger partial charge < -0.3 is 14.8 Å². The van der Waals surface area contributed by atoms with E-state index < -0.39 is 0 Å². The van der Waals surface area contributed by atoms with Crippen LogP contribution in [0.3, 0.4) is 0 Å². The van der Waals surface area contributed by atoms with Gasteiger partial charge in [0.1, 0.15) is 11.9 Å². The second-order valence-electron chi connectivity index (χ2n) is 5.06. The third-order valence-corrected chi connectivity index (χ3v) is 3.70. The molecule has 1 heterocycles. The fraction of sp³-hybridized carbons (Fsp3) is 0.533. The molecule has 1 aromatic rings. The smallest absolute Gasteiger partial charge is 0.309 e. The van der Waals surface area contributed by atoms with Gasteiger partial charge in [0.25, 0.3) is 0 Å². The zero-order chi connectivity index (χ0) is 13.8. The van der Waals surface area contributed by atoms with Crippen molar-refractivity contribution < 1.29 is 14.3 Å². The Labute approximate surface area is 114 Å². The molecular weight excluding hydrogens is 242 g/mol. The van der Waals surface area contributed by atoms with Crippen molar-refractivity contribution in [2.75, 3.05) is 13.7 Å². The number of benzene rings is 1.